The van der Waals surface area contributed by atoms with Crippen LogP contribution in [0.15, 0.2) is 30.3 Å². The minimum absolute atomic E-state index is 0.241. The summed E-state index contributed by atoms with van der Waals surface area (Å²) in [6.45, 7) is 2.20. The van der Waals surface area contributed by atoms with Gasteiger partial charge in [0.05, 0.1) is 11.6 Å². The van der Waals surface area contributed by atoms with Gasteiger partial charge in [0.1, 0.15) is 0 Å². The molecule has 78 valence electrons. The van der Waals surface area contributed by atoms with E-state index in [-0.39, 0.29) is 6.54 Å². The molecule has 0 fully saturated rings. The molecule has 15 heavy (non-hydrogen) atoms. The number of nitrogens with two attached hydrogens (primary N) is 1. The molecule has 0 spiro atoms. The van der Waals surface area contributed by atoms with Crippen molar-refractivity contribution in [2.45, 2.75) is 13.0 Å². The van der Waals surface area contributed by atoms with Crippen molar-refractivity contribution >= 4 is 10.9 Å². The van der Waals surface area contributed by atoms with Crippen LogP contribution in [0.5, 0.6) is 0 Å². The molecule has 0 bridgehead atoms. The van der Waals surface area contributed by atoms with Crippen molar-refractivity contribution in [1.82, 2.24) is 4.98 Å². The molecule has 0 amide bonds. The fraction of sp³-hybridized carbons (Fsp3) is 0.250. The van der Waals surface area contributed by atoms with E-state index in [2.05, 4.69) is 4.98 Å². The van der Waals surface area contributed by atoms with Crippen molar-refractivity contribution in [2.24, 2.45) is 5.73 Å². The Bertz CT molecular complexity index is 482. The zero-order chi connectivity index (χ0) is 10.8. The maximum atomic E-state index is 9.60. The maximum Gasteiger partial charge on any atom is 0.0912 e. The van der Waals surface area contributed by atoms with Gasteiger partial charge in [0.2, 0.25) is 0 Å². The van der Waals surface area contributed by atoms with E-state index in [1.165, 1.54) is 0 Å². The predicted molar refractivity (Wildman–Crippen MR) is 60.5 cm³/mol. The summed E-state index contributed by atoms with van der Waals surface area (Å²) in [5.41, 5.74) is 8.19. The maximum absolute atomic E-state index is 9.60. The third-order valence-electron chi connectivity index (χ3n) is 2.46. The van der Waals surface area contributed by atoms with E-state index in [1.807, 2.05) is 37.3 Å². The van der Waals surface area contributed by atoms with Crippen molar-refractivity contribution in [1.29, 1.82) is 0 Å². The molecule has 3 N–H and O–H groups in total. The van der Waals surface area contributed by atoms with E-state index in [9.17, 15) is 5.11 Å². The fourth-order valence-electron chi connectivity index (χ4n) is 1.59. The molecule has 3 nitrogen and oxygen atoms in total. The molecule has 0 aliphatic rings. The Morgan fingerprint density at radius 2 is 2.13 bits per heavy atom. The van der Waals surface area contributed by atoms with Gasteiger partial charge in [0, 0.05) is 17.6 Å². The van der Waals surface area contributed by atoms with Gasteiger partial charge in [-0.2, -0.15) is 0 Å². The summed E-state index contributed by atoms with van der Waals surface area (Å²) in [5, 5.41) is 10.6. The number of rotatable bonds is 2. The second-order valence-corrected chi connectivity index (χ2v) is 3.66. The molecular weight excluding hydrogens is 188 g/mol. The number of hydrogen-bond acceptors (Lipinski definition) is 3. The number of aliphatic hydroxyl groups excluding tert-OH is 1. The van der Waals surface area contributed by atoms with E-state index >= 15 is 0 Å². The normalized spacial score (nSPS) is 13.0. The summed E-state index contributed by atoms with van der Waals surface area (Å²) in [4.78, 5) is 4.39. The highest BCUT2D eigenvalue weighted by Crippen LogP contribution is 2.18. The standard InChI is InChI=1S/C12H14N2O/c1-8-2-3-9-6-10(12(15)7-13)4-5-11(9)14-8/h2-6,12,15H,7,13H2,1H3/t12-/m1/s1. The lowest BCUT2D eigenvalue weighted by Crippen LogP contribution is -2.11. The third kappa shape index (κ3) is 1.98. The van der Waals surface area contributed by atoms with Crippen LogP contribution in [0.3, 0.4) is 0 Å². The van der Waals surface area contributed by atoms with E-state index < -0.39 is 6.10 Å². The van der Waals surface area contributed by atoms with Crippen LogP contribution < -0.4 is 5.73 Å². The number of aromatic nitrogens is 1. The molecule has 2 aromatic rings. The van der Waals surface area contributed by atoms with Crippen LogP contribution in [-0.2, 0) is 0 Å². The molecule has 0 aliphatic carbocycles. The van der Waals surface area contributed by atoms with Crippen molar-refractivity contribution in [2.75, 3.05) is 6.54 Å². The number of pyridine rings is 1. The van der Waals surface area contributed by atoms with Gasteiger partial charge in [0.25, 0.3) is 0 Å². The van der Waals surface area contributed by atoms with Gasteiger partial charge in [-0.05, 0) is 30.7 Å². The van der Waals surface area contributed by atoms with E-state index in [1.54, 1.807) is 0 Å². The lowest BCUT2D eigenvalue weighted by molar-refractivity contribution is 0.187. The molecule has 1 aromatic heterocycles. The lowest BCUT2D eigenvalue weighted by atomic mass is 10.1. The molecule has 2 rings (SSSR count). The molecule has 0 radical (unpaired) electrons. The average Bonchev–Trinajstić information content (AvgIpc) is 2.27. The van der Waals surface area contributed by atoms with Gasteiger partial charge in [0.15, 0.2) is 0 Å². The van der Waals surface area contributed by atoms with Crippen molar-refractivity contribution < 1.29 is 5.11 Å². The first kappa shape index (κ1) is 10.1. The Hall–Kier alpha value is -1.45. The molecule has 0 saturated heterocycles. The minimum Gasteiger partial charge on any atom is -0.387 e. The summed E-state index contributed by atoms with van der Waals surface area (Å²) < 4.78 is 0. The van der Waals surface area contributed by atoms with Gasteiger partial charge in [-0.25, -0.2) is 0 Å². The van der Waals surface area contributed by atoms with Crippen molar-refractivity contribution in [3.05, 3.63) is 41.6 Å². The first-order valence-corrected chi connectivity index (χ1v) is 4.96. The highest BCUT2D eigenvalue weighted by molar-refractivity contribution is 5.79. The number of nitrogens with zero attached hydrogens (tertiary/aromatic N) is 1. The Balaban J connectivity index is 2.52. The van der Waals surface area contributed by atoms with Crippen LogP contribution >= 0.6 is 0 Å². The van der Waals surface area contributed by atoms with Gasteiger partial charge >= 0.3 is 0 Å². The fourth-order valence-corrected chi connectivity index (χ4v) is 1.59. The van der Waals surface area contributed by atoms with Crippen LogP contribution in [0, 0.1) is 6.92 Å². The summed E-state index contributed by atoms with van der Waals surface area (Å²) >= 11 is 0. The highest BCUT2D eigenvalue weighted by Gasteiger charge is 2.05. The summed E-state index contributed by atoms with van der Waals surface area (Å²) in [7, 11) is 0. The number of fused-ring (bicyclic) bond motifs is 1. The van der Waals surface area contributed by atoms with Gasteiger partial charge in [-0.1, -0.05) is 12.1 Å². The summed E-state index contributed by atoms with van der Waals surface area (Å²) in [6, 6.07) is 9.67. The SMILES string of the molecule is Cc1ccc2cc([C@H](O)CN)ccc2n1. The smallest absolute Gasteiger partial charge is 0.0912 e. The lowest BCUT2D eigenvalue weighted by Gasteiger charge is -2.08. The first-order chi connectivity index (χ1) is 7.20. The number of aryl methyl sites for hydroxylation is 1. The zero-order valence-corrected chi connectivity index (χ0v) is 8.64. The number of benzene rings is 1. The van der Waals surface area contributed by atoms with Crippen LogP contribution in [0.2, 0.25) is 0 Å². The topological polar surface area (TPSA) is 59.1 Å². The summed E-state index contributed by atoms with van der Waals surface area (Å²) in [5.74, 6) is 0. The molecule has 1 aromatic carbocycles. The second kappa shape index (κ2) is 3.96. The Morgan fingerprint density at radius 3 is 2.87 bits per heavy atom. The monoisotopic (exact) mass is 202 g/mol. The Kier molecular flexibility index (Phi) is 2.66. The first-order valence-electron chi connectivity index (χ1n) is 4.96. The van der Waals surface area contributed by atoms with E-state index in [4.69, 9.17) is 5.73 Å². The molecule has 1 atom stereocenters. The Labute approximate surface area is 88.6 Å². The number of hydrogen-bond donors (Lipinski definition) is 2. The molecule has 0 unspecified atom stereocenters. The quantitative estimate of drug-likeness (QED) is 0.776. The van der Waals surface area contributed by atoms with Crippen LogP contribution in [0.4, 0.5) is 0 Å². The van der Waals surface area contributed by atoms with Crippen LogP contribution in [-0.4, -0.2) is 16.6 Å². The molecule has 3 heteroatoms. The zero-order valence-electron chi connectivity index (χ0n) is 8.64. The van der Waals surface area contributed by atoms with Crippen molar-refractivity contribution in [3.63, 3.8) is 0 Å². The molecule has 0 saturated carbocycles. The van der Waals surface area contributed by atoms with Crippen LogP contribution in [0.25, 0.3) is 10.9 Å². The number of aliphatic hydroxyl groups is 1. The largest absolute Gasteiger partial charge is 0.387 e. The highest BCUT2D eigenvalue weighted by atomic mass is 16.3. The van der Waals surface area contributed by atoms with Gasteiger partial charge in [-0.15, -0.1) is 0 Å². The third-order valence-corrected chi connectivity index (χ3v) is 2.46. The summed E-state index contributed by atoms with van der Waals surface area (Å²) in [6.07, 6.45) is -0.587. The molecular formula is C12H14N2O. The van der Waals surface area contributed by atoms with E-state index in [0.29, 0.717) is 0 Å². The predicted octanol–water partition coefficient (Wildman–Crippen LogP) is 1.54. The van der Waals surface area contributed by atoms with Gasteiger partial charge in [-0.3, -0.25) is 4.98 Å². The average molecular weight is 202 g/mol. The van der Waals surface area contributed by atoms with Gasteiger partial charge < -0.3 is 10.8 Å². The van der Waals surface area contributed by atoms with E-state index in [0.717, 1.165) is 22.2 Å². The molecule has 0 aliphatic heterocycles. The van der Waals surface area contributed by atoms with Crippen molar-refractivity contribution in [3.8, 4) is 0 Å². The minimum atomic E-state index is -0.587. The second-order valence-electron chi connectivity index (χ2n) is 3.66. The molecule has 1 heterocycles. The van der Waals surface area contributed by atoms with Crippen LogP contribution in [0.1, 0.15) is 17.4 Å². The Morgan fingerprint density at radius 1 is 1.33 bits per heavy atom.